The number of oxime groups is 1. The highest BCUT2D eigenvalue weighted by Crippen LogP contribution is 2.25. The van der Waals surface area contributed by atoms with Crippen molar-refractivity contribution in [2.24, 2.45) is 5.16 Å². The zero-order valence-electron chi connectivity index (χ0n) is 7.18. The molecule has 0 spiro atoms. The molecule has 0 aliphatic carbocycles. The van der Waals surface area contributed by atoms with Gasteiger partial charge in [-0.2, -0.15) is 0 Å². The van der Waals surface area contributed by atoms with Gasteiger partial charge < -0.3 is 9.94 Å². The number of benzene rings is 1. The molecule has 1 aliphatic heterocycles. The molecule has 14 heavy (non-hydrogen) atoms. The molecule has 0 bridgehead atoms. The topological polar surface area (TPSA) is 58.9 Å². The molecular formula is C10H7NO3. The zero-order valence-corrected chi connectivity index (χ0v) is 7.18. The number of carbonyl (C=O) groups is 1. The van der Waals surface area contributed by atoms with Crippen LogP contribution in [-0.4, -0.2) is 17.3 Å². The van der Waals surface area contributed by atoms with Crippen LogP contribution in [0.5, 0.6) is 5.75 Å². The van der Waals surface area contributed by atoms with E-state index in [-0.39, 0.29) is 5.56 Å². The lowest BCUT2D eigenvalue weighted by Gasteiger charge is -2.04. The van der Waals surface area contributed by atoms with Crippen molar-refractivity contribution in [1.29, 1.82) is 0 Å². The molecule has 0 fully saturated rings. The summed E-state index contributed by atoms with van der Waals surface area (Å²) in [5, 5.41) is 12.5. The molecule has 1 aromatic carbocycles. The van der Waals surface area contributed by atoms with Gasteiger partial charge in [0.25, 0.3) is 0 Å². The number of allylic oxidation sites excluding steroid dienone is 1. The summed E-state index contributed by atoms with van der Waals surface area (Å²) in [7, 11) is 0. The molecule has 70 valence electrons. The van der Waals surface area contributed by atoms with Gasteiger partial charge in [0.15, 0.2) is 5.75 Å². The number of carboxylic acids is 1. The first-order valence-electron chi connectivity index (χ1n) is 4.02. The van der Waals surface area contributed by atoms with Crippen LogP contribution in [0.2, 0.25) is 0 Å². The Morgan fingerprint density at radius 2 is 2.29 bits per heavy atom. The average molecular weight is 189 g/mol. The molecule has 0 aromatic heterocycles. The quantitative estimate of drug-likeness (QED) is 0.732. The molecule has 0 amide bonds. The minimum Gasteiger partial charge on any atom is -0.478 e. The van der Waals surface area contributed by atoms with Gasteiger partial charge in [-0.25, -0.2) is 4.79 Å². The standard InChI is InChI=1S/C10H7NO3/c12-10(13)8-3-1-5-9-7(8)4-2-6-11-14-9/h1-6H,(H,12,13). The van der Waals surface area contributed by atoms with Gasteiger partial charge in [0, 0.05) is 5.56 Å². The van der Waals surface area contributed by atoms with Crippen molar-refractivity contribution in [2.75, 3.05) is 0 Å². The van der Waals surface area contributed by atoms with Crippen molar-refractivity contribution in [3.8, 4) is 5.75 Å². The second kappa shape index (κ2) is 3.33. The molecule has 1 heterocycles. The Morgan fingerprint density at radius 3 is 3.07 bits per heavy atom. The second-order valence-electron chi connectivity index (χ2n) is 2.73. The minimum absolute atomic E-state index is 0.212. The summed E-state index contributed by atoms with van der Waals surface area (Å²) in [6, 6.07) is 4.83. The van der Waals surface area contributed by atoms with Gasteiger partial charge in [-0.3, -0.25) is 0 Å². The molecule has 2 rings (SSSR count). The second-order valence-corrected chi connectivity index (χ2v) is 2.73. The van der Waals surface area contributed by atoms with E-state index in [1.54, 1.807) is 24.3 Å². The van der Waals surface area contributed by atoms with E-state index < -0.39 is 5.97 Å². The van der Waals surface area contributed by atoms with E-state index in [0.29, 0.717) is 11.3 Å². The van der Waals surface area contributed by atoms with Crippen molar-refractivity contribution in [3.05, 3.63) is 35.4 Å². The van der Waals surface area contributed by atoms with E-state index in [9.17, 15) is 4.79 Å². The molecule has 1 aliphatic rings. The van der Waals surface area contributed by atoms with Gasteiger partial charge in [-0.05, 0) is 24.3 Å². The number of carboxylic acid groups (broad SMARTS) is 1. The lowest BCUT2D eigenvalue weighted by molar-refractivity contribution is 0.0696. The summed E-state index contributed by atoms with van der Waals surface area (Å²) in [6.45, 7) is 0. The monoisotopic (exact) mass is 189 g/mol. The Morgan fingerprint density at radius 1 is 1.43 bits per heavy atom. The van der Waals surface area contributed by atoms with Crippen LogP contribution in [0.1, 0.15) is 15.9 Å². The minimum atomic E-state index is -0.975. The van der Waals surface area contributed by atoms with E-state index >= 15 is 0 Å². The highest BCUT2D eigenvalue weighted by atomic mass is 16.6. The summed E-state index contributed by atoms with van der Waals surface area (Å²) in [5.74, 6) is -0.521. The number of rotatable bonds is 1. The molecule has 4 nitrogen and oxygen atoms in total. The average Bonchev–Trinajstić information content (AvgIpc) is 2.41. The largest absolute Gasteiger partial charge is 0.478 e. The van der Waals surface area contributed by atoms with Gasteiger partial charge >= 0.3 is 5.97 Å². The number of hydrogen-bond acceptors (Lipinski definition) is 3. The molecule has 0 radical (unpaired) electrons. The van der Waals surface area contributed by atoms with Crippen LogP contribution in [-0.2, 0) is 0 Å². The van der Waals surface area contributed by atoms with Crippen LogP contribution in [0.25, 0.3) is 6.08 Å². The maximum absolute atomic E-state index is 10.9. The van der Waals surface area contributed by atoms with Crippen LogP contribution in [0.15, 0.2) is 29.4 Å². The van der Waals surface area contributed by atoms with E-state index in [2.05, 4.69) is 5.16 Å². The molecule has 4 heteroatoms. The summed E-state index contributed by atoms with van der Waals surface area (Å²) >= 11 is 0. The lowest BCUT2D eigenvalue weighted by atomic mass is 10.1. The van der Waals surface area contributed by atoms with Gasteiger partial charge in [-0.1, -0.05) is 11.2 Å². The van der Waals surface area contributed by atoms with Crippen molar-refractivity contribution >= 4 is 18.3 Å². The summed E-state index contributed by atoms with van der Waals surface area (Å²) < 4.78 is 0. The van der Waals surface area contributed by atoms with Crippen LogP contribution >= 0.6 is 0 Å². The van der Waals surface area contributed by atoms with Crippen molar-refractivity contribution in [1.82, 2.24) is 0 Å². The van der Waals surface area contributed by atoms with E-state index in [0.717, 1.165) is 0 Å². The Bertz CT molecular complexity index is 435. The predicted molar refractivity (Wildman–Crippen MR) is 51.6 cm³/mol. The Kier molecular flexibility index (Phi) is 2.02. The number of fused-ring (bicyclic) bond motifs is 1. The van der Waals surface area contributed by atoms with Gasteiger partial charge in [-0.15, -0.1) is 0 Å². The molecular weight excluding hydrogens is 182 g/mol. The first kappa shape index (κ1) is 8.50. The summed E-state index contributed by atoms with van der Waals surface area (Å²) in [6.07, 6.45) is 4.76. The molecule has 0 saturated carbocycles. The first-order valence-corrected chi connectivity index (χ1v) is 4.02. The smallest absolute Gasteiger partial charge is 0.336 e. The maximum Gasteiger partial charge on any atom is 0.336 e. The molecule has 0 saturated heterocycles. The Hall–Kier alpha value is -2.10. The number of aromatic carboxylic acids is 1. The normalized spacial score (nSPS) is 12.9. The van der Waals surface area contributed by atoms with Gasteiger partial charge in [0.1, 0.15) is 0 Å². The third-order valence-corrected chi connectivity index (χ3v) is 1.86. The fourth-order valence-electron chi connectivity index (χ4n) is 1.24. The van der Waals surface area contributed by atoms with Crippen molar-refractivity contribution < 1.29 is 14.7 Å². The SMILES string of the molecule is O=C(O)c1cccc2c1C=CC=NO2. The number of hydrogen-bond donors (Lipinski definition) is 1. The van der Waals surface area contributed by atoms with Gasteiger partial charge in [0.2, 0.25) is 0 Å². The van der Waals surface area contributed by atoms with E-state index in [1.165, 1.54) is 12.3 Å². The molecule has 0 unspecified atom stereocenters. The van der Waals surface area contributed by atoms with Crippen LogP contribution in [0.4, 0.5) is 0 Å². The van der Waals surface area contributed by atoms with E-state index in [1.807, 2.05) is 0 Å². The summed E-state index contributed by atoms with van der Waals surface area (Å²) in [5.41, 5.74) is 0.752. The zero-order chi connectivity index (χ0) is 9.97. The predicted octanol–water partition coefficient (Wildman–Crippen LogP) is 1.78. The van der Waals surface area contributed by atoms with Crippen LogP contribution < -0.4 is 4.84 Å². The Labute approximate surface area is 80.1 Å². The highest BCUT2D eigenvalue weighted by molar-refractivity contribution is 5.95. The van der Waals surface area contributed by atoms with Crippen molar-refractivity contribution in [3.63, 3.8) is 0 Å². The molecule has 0 atom stereocenters. The third-order valence-electron chi connectivity index (χ3n) is 1.86. The molecule has 1 aromatic rings. The lowest BCUT2D eigenvalue weighted by Crippen LogP contribution is -2.00. The summed E-state index contributed by atoms with van der Waals surface area (Å²) in [4.78, 5) is 15.8. The first-order chi connectivity index (χ1) is 6.79. The maximum atomic E-state index is 10.9. The van der Waals surface area contributed by atoms with Gasteiger partial charge in [0.05, 0.1) is 11.8 Å². The highest BCUT2D eigenvalue weighted by Gasteiger charge is 2.13. The van der Waals surface area contributed by atoms with Crippen LogP contribution in [0, 0.1) is 0 Å². The Balaban J connectivity index is 2.61. The fraction of sp³-hybridized carbons (Fsp3) is 0. The van der Waals surface area contributed by atoms with Crippen molar-refractivity contribution in [2.45, 2.75) is 0 Å². The number of nitrogens with zero attached hydrogens (tertiary/aromatic N) is 1. The fourth-order valence-corrected chi connectivity index (χ4v) is 1.24. The molecule has 1 N–H and O–H groups in total. The van der Waals surface area contributed by atoms with E-state index in [4.69, 9.17) is 9.94 Å². The van der Waals surface area contributed by atoms with Crippen LogP contribution in [0.3, 0.4) is 0 Å². The third kappa shape index (κ3) is 1.37.